The van der Waals surface area contributed by atoms with E-state index in [4.69, 9.17) is 11.6 Å². The van der Waals surface area contributed by atoms with Crippen LogP contribution in [-0.4, -0.2) is 13.1 Å². The molecule has 0 saturated carbocycles. The fourth-order valence-corrected chi connectivity index (χ4v) is 4.57. The molecule has 0 aliphatic carbocycles. The minimum absolute atomic E-state index is 0.731. The molecule has 2 aromatic carbocycles. The number of halogens is 1. The molecule has 1 saturated heterocycles. The second-order valence-corrected chi connectivity index (χ2v) is 7.51. The zero-order valence-electron chi connectivity index (χ0n) is 12.4. The first-order valence-corrected chi connectivity index (χ1v) is 9.07. The molecule has 0 amide bonds. The second-order valence-electron chi connectivity index (χ2n) is 6.02. The van der Waals surface area contributed by atoms with Gasteiger partial charge in [-0.2, -0.15) is 0 Å². The van der Waals surface area contributed by atoms with E-state index in [1.165, 1.54) is 39.6 Å². The van der Waals surface area contributed by atoms with Crippen LogP contribution in [0.2, 0.25) is 5.02 Å². The lowest BCUT2D eigenvalue weighted by atomic mass is 9.90. The van der Waals surface area contributed by atoms with Crippen molar-refractivity contribution in [2.24, 2.45) is 5.92 Å². The van der Waals surface area contributed by atoms with Gasteiger partial charge in [0.05, 0.1) is 11.4 Å². The summed E-state index contributed by atoms with van der Waals surface area (Å²) < 4.78 is 0. The van der Waals surface area contributed by atoms with Crippen molar-refractivity contribution in [3.05, 3.63) is 47.0 Å². The van der Waals surface area contributed by atoms with Crippen molar-refractivity contribution < 1.29 is 0 Å². The Labute approximate surface area is 140 Å². The standard InChI is InChI=1S/C18H19ClN2S/c19-14-5-6-17-18(13(14)11-12-7-9-20-10-8-12)21-15-3-1-2-4-16(15)22-17/h1-6,12,20-21H,7-11H2. The van der Waals surface area contributed by atoms with Crippen molar-refractivity contribution in [3.63, 3.8) is 0 Å². The number of anilines is 2. The van der Waals surface area contributed by atoms with Crippen LogP contribution in [0.4, 0.5) is 11.4 Å². The summed E-state index contributed by atoms with van der Waals surface area (Å²) in [6.07, 6.45) is 3.55. The number of para-hydroxylation sites is 1. The highest BCUT2D eigenvalue weighted by Crippen LogP contribution is 2.47. The summed E-state index contributed by atoms with van der Waals surface area (Å²) in [5, 5.41) is 7.95. The second kappa shape index (κ2) is 6.15. The van der Waals surface area contributed by atoms with E-state index in [0.29, 0.717) is 0 Å². The number of benzene rings is 2. The molecule has 2 aliphatic rings. The smallest absolute Gasteiger partial charge is 0.0573 e. The van der Waals surface area contributed by atoms with Gasteiger partial charge in [-0.05, 0) is 68.1 Å². The van der Waals surface area contributed by atoms with Gasteiger partial charge >= 0.3 is 0 Å². The van der Waals surface area contributed by atoms with Crippen molar-refractivity contribution in [2.45, 2.75) is 29.1 Å². The summed E-state index contributed by atoms with van der Waals surface area (Å²) in [4.78, 5) is 2.57. The monoisotopic (exact) mass is 330 g/mol. The largest absolute Gasteiger partial charge is 0.353 e. The Bertz CT molecular complexity index is 695. The molecule has 2 aromatic rings. The maximum absolute atomic E-state index is 6.54. The van der Waals surface area contributed by atoms with Crippen LogP contribution in [-0.2, 0) is 6.42 Å². The van der Waals surface area contributed by atoms with E-state index in [1.807, 2.05) is 11.8 Å². The molecule has 0 radical (unpaired) electrons. The van der Waals surface area contributed by atoms with Gasteiger partial charge in [0.2, 0.25) is 0 Å². The van der Waals surface area contributed by atoms with Crippen LogP contribution in [0.3, 0.4) is 0 Å². The van der Waals surface area contributed by atoms with E-state index < -0.39 is 0 Å². The molecule has 0 bridgehead atoms. The molecule has 2 aliphatic heterocycles. The van der Waals surface area contributed by atoms with Crippen LogP contribution in [0.15, 0.2) is 46.2 Å². The molecule has 4 rings (SSSR count). The highest BCUT2D eigenvalue weighted by Gasteiger charge is 2.23. The Balaban J connectivity index is 1.68. The van der Waals surface area contributed by atoms with E-state index in [0.717, 1.165) is 30.5 Å². The zero-order chi connectivity index (χ0) is 14.9. The SMILES string of the molecule is Clc1ccc2c(c1CC1CCNCC1)Nc1ccccc1S2. The van der Waals surface area contributed by atoms with E-state index in [1.54, 1.807) is 0 Å². The van der Waals surface area contributed by atoms with Gasteiger partial charge in [0.15, 0.2) is 0 Å². The van der Waals surface area contributed by atoms with Gasteiger partial charge < -0.3 is 10.6 Å². The molecular formula is C18H19ClN2S. The number of piperidine rings is 1. The lowest BCUT2D eigenvalue weighted by molar-refractivity contribution is 0.373. The third-order valence-electron chi connectivity index (χ3n) is 4.54. The molecule has 0 unspecified atom stereocenters. The molecule has 0 atom stereocenters. The first-order valence-electron chi connectivity index (χ1n) is 7.87. The summed E-state index contributed by atoms with van der Waals surface area (Å²) in [6, 6.07) is 12.7. The average Bonchev–Trinajstić information content (AvgIpc) is 2.57. The number of rotatable bonds is 2. The van der Waals surface area contributed by atoms with Crippen molar-refractivity contribution in [1.82, 2.24) is 5.32 Å². The first-order chi connectivity index (χ1) is 10.8. The summed E-state index contributed by atoms with van der Waals surface area (Å²) in [7, 11) is 0. The van der Waals surface area contributed by atoms with Crippen LogP contribution in [0.25, 0.3) is 0 Å². The summed E-state index contributed by atoms with van der Waals surface area (Å²) in [6.45, 7) is 2.25. The van der Waals surface area contributed by atoms with Crippen LogP contribution in [0.5, 0.6) is 0 Å². The van der Waals surface area contributed by atoms with E-state index in [-0.39, 0.29) is 0 Å². The third-order valence-corrected chi connectivity index (χ3v) is 6.03. The Morgan fingerprint density at radius 3 is 2.73 bits per heavy atom. The maximum Gasteiger partial charge on any atom is 0.0573 e. The van der Waals surface area contributed by atoms with E-state index in [9.17, 15) is 0 Å². The number of fused-ring (bicyclic) bond motifs is 2. The Morgan fingerprint density at radius 1 is 1.05 bits per heavy atom. The van der Waals surface area contributed by atoms with Gasteiger partial charge in [-0.15, -0.1) is 0 Å². The fraction of sp³-hybridized carbons (Fsp3) is 0.333. The fourth-order valence-electron chi connectivity index (χ4n) is 3.31. The molecule has 0 spiro atoms. The maximum atomic E-state index is 6.54. The van der Waals surface area contributed by atoms with Gasteiger partial charge in [-0.25, -0.2) is 0 Å². The van der Waals surface area contributed by atoms with Gasteiger partial charge in [0, 0.05) is 14.8 Å². The highest BCUT2D eigenvalue weighted by molar-refractivity contribution is 7.99. The minimum Gasteiger partial charge on any atom is -0.353 e. The summed E-state index contributed by atoms with van der Waals surface area (Å²) in [5.41, 5.74) is 3.69. The quantitative estimate of drug-likeness (QED) is 0.684. The third kappa shape index (κ3) is 2.73. The van der Waals surface area contributed by atoms with Crippen LogP contribution in [0.1, 0.15) is 18.4 Å². The predicted molar refractivity (Wildman–Crippen MR) is 94.6 cm³/mol. The number of nitrogens with one attached hydrogen (secondary N) is 2. The predicted octanol–water partition coefficient (Wildman–Crippen LogP) is 5.09. The van der Waals surface area contributed by atoms with Crippen molar-refractivity contribution in [2.75, 3.05) is 18.4 Å². The summed E-state index contributed by atoms with van der Waals surface area (Å²) >= 11 is 8.38. The Kier molecular flexibility index (Phi) is 4.03. The van der Waals surface area contributed by atoms with Crippen LogP contribution >= 0.6 is 23.4 Å². The molecule has 0 aromatic heterocycles. The van der Waals surface area contributed by atoms with E-state index in [2.05, 4.69) is 47.0 Å². The molecule has 1 fully saturated rings. The van der Waals surface area contributed by atoms with Gasteiger partial charge in [-0.3, -0.25) is 0 Å². The molecule has 2 nitrogen and oxygen atoms in total. The Morgan fingerprint density at radius 2 is 1.86 bits per heavy atom. The van der Waals surface area contributed by atoms with Crippen molar-refractivity contribution >= 4 is 34.7 Å². The van der Waals surface area contributed by atoms with E-state index >= 15 is 0 Å². The van der Waals surface area contributed by atoms with Gasteiger partial charge in [0.1, 0.15) is 0 Å². The van der Waals surface area contributed by atoms with Gasteiger partial charge in [-0.1, -0.05) is 35.5 Å². The number of hydrogen-bond acceptors (Lipinski definition) is 3. The molecule has 22 heavy (non-hydrogen) atoms. The van der Waals surface area contributed by atoms with Crippen LogP contribution in [0, 0.1) is 5.92 Å². The molecule has 2 heterocycles. The average molecular weight is 331 g/mol. The molecule has 2 N–H and O–H groups in total. The topological polar surface area (TPSA) is 24.1 Å². The first kappa shape index (κ1) is 14.4. The summed E-state index contributed by atoms with van der Waals surface area (Å²) in [5.74, 6) is 0.731. The molecule has 114 valence electrons. The van der Waals surface area contributed by atoms with Crippen molar-refractivity contribution in [3.8, 4) is 0 Å². The highest BCUT2D eigenvalue weighted by atomic mass is 35.5. The normalized spacial score (nSPS) is 17.5. The lowest BCUT2D eigenvalue weighted by Crippen LogP contribution is -2.28. The molecule has 4 heteroatoms. The number of hydrogen-bond donors (Lipinski definition) is 2. The Hall–Kier alpha value is -1.16. The van der Waals surface area contributed by atoms with Gasteiger partial charge in [0.25, 0.3) is 0 Å². The minimum atomic E-state index is 0.731. The van der Waals surface area contributed by atoms with Crippen LogP contribution < -0.4 is 10.6 Å². The zero-order valence-corrected chi connectivity index (χ0v) is 13.9. The lowest BCUT2D eigenvalue weighted by Gasteiger charge is -2.27. The molecular weight excluding hydrogens is 312 g/mol. The van der Waals surface area contributed by atoms with Crippen molar-refractivity contribution in [1.29, 1.82) is 0 Å².